The van der Waals surface area contributed by atoms with Crippen LogP contribution in [0.15, 0.2) is 6.20 Å². The number of carbonyl (C=O) groups is 1. The van der Waals surface area contributed by atoms with E-state index >= 15 is 0 Å². The summed E-state index contributed by atoms with van der Waals surface area (Å²) in [7, 11) is 1.92. The van der Waals surface area contributed by atoms with Crippen LogP contribution in [0.25, 0.3) is 0 Å². The Labute approximate surface area is 147 Å². The fourth-order valence-electron chi connectivity index (χ4n) is 2.85. The zero-order chi connectivity index (χ0) is 18.1. The first-order chi connectivity index (χ1) is 11.2. The Hall–Kier alpha value is -1.89. The molecule has 0 unspecified atom stereocenters. The van der Waals surface area contributed by atoms with Crippen LogP contribution in [0.4, 0.5) is 4.79 Å². The summed E-state index contributed by atoms with van der Waals surface area (Å²) in [4.78, 5) is 18.1. The highest BCUT2D eigenvalue weighted by Crippen LogP contribution is 2.26. The molecule has 1 atom stereocenters. The molecule has 0 aliphatic rings. The lowest BCUT2D eigenvalue weighted by molar-refractivity contribution is 0.225. The number of urea groups is 1. The molecular weight excluding hydrogens is 322 g/mol. The van der Waals surface area contributed by atoms with Gasteiger partial charge in [0.15, 0.2) is 0 Å². The molecule has 0 saturated heterocycles. The number of aryl methyl sites for hydroxylation is 3. The van der Waals surface area contributed by atoms with Crippen LogP contribution in [0.5, 0.6) is 0 Å². The number of nitrogens with zero attached hydrogens (tertiary/aromatic N) is 3. The average molecular weight is 350 g/mol. The van der Waals surface area contributed by atoms with Crippen LogP contribution in [0.2, 0.25) is 0 Å². The summed E-state index contributed by atoms with van der Waals surface area (Å²) < 4.78 is 1.86. The van der Waals surface area contributed by atoms with E-state index in [2.05, 4.69) is 27.6 Å². The molecule has 2 aromatic rings. The molecular formula is C17H27N5OS. The third-order valence-electron chi connectivity index (χ3n) is 4.21. The number of hydrogen-bond acceptors (Lipinski definition) is 4. The second-order valence-corrected chi connectivity index (χ2v) is 7.90. The van der Waals surface area contributed by atoms with Gasteiger partial charge in [-0.25, -0.2) is 9.78 Å². The summed E-state index contributed by atoms with van der Waals surface area (Å²) in [5, 5.41) is 11.5. The summed E-state index contributed by atoms with van der Waals surface area (Å²) >= 11 is 1.60. The largest absolute Gasteiger partial charge is 0.331 e. The van der Waals surface area contributed by atoms with Crippen LogP contribution in [-0.2, 0) is 12.6 Å². The van der Waals surface area contributed by atoms with E-state index in [9.17, 15) is 4.79 Å². The van der Waals surface area contributed by atoms with E-state index in [4.69, 9.17) is 0 Å². The van der Waals surface area contributed by atoms with E-state index in [-0.39, 0.29) is 12.1 Å². The predicted molar refractivity (Wildman–Crippen MR) is 97.3 cm³/mol. The molecule has 0 spiro atoms. The monoisotopic (exact) mass is 349 g/mol. The molecule has 0 aliphatic carbocycles. The summed E-state index contributed by atoms with van der Waals surface area (Å²) in [5.41, 5.74) is 2.62. The van der Waals surface area contributed by atoms with Crippen LogP contribution in [0, 0.1) is 20.8 Å². The maximum atomic E-state index is 12.5. The van der Waals surface area contributed by atoms with Crippen LogP contribution in [-0.4, -0.2) is 20.8 Å². The van der Waals surface area contributed by atoms with Gasteiger partial charge in [-0.1, -0.05) is 6.92 Å². The van der Waals surface area contributed by atoms with Crippen LogP contribution in [0.3, 0.4) is 0 Å². The van der Waals surface area contributed by atoms with Crippen LogP contribution in [0.1, 0.15) is 60.1 Å². The van der Waals surface area contributed by atoms with Crippen molar-refractivity contribution in [3.8, 4) is 0 Å². The lowest BCUT2D eigenvalue weighted by Crippen LogP contribution is -2.47. The molecule has 0 aliphatic heterocycles. The fourth-order valence-corrected chi connectivity index (χ4v) is 3.67. The van der Waals surface area contributed by atoms with Gasteiger partial charge in [0.1, 0.15) is 5.01 Å². The van der Waals surface area contributed by atoms with E-state index < -0.39 is 5.54 Å². The van der Waals surface area contributed by atoms with Crippen molar-refractivity contribution in [3.05, 3.63) is 33.0 Å². The van der Waals surface area contributed by atoms with Gasteiger partial charge in [0.25, 0.3) is 0 Å². The second-order valence-electron chi connectivity index (χ2n) is 6.67. The highest BCUT2D eigenvalue weighted by Gasteiger charge is 2.28. The van der Waals surface area contributed by atoms with Crippen molar-refractivity contribution in [1.29, 1.82) is 0 Å². The Morgan fingerprint density at radius 2 is 2.04 bits per heavy atom. The Bertz CT molecular complexity index is 731. The van der Waals surface area contributed by atoms with Gasteiger partial charge in [0.05, 0.1) is 17.3 Å². The van der Waals surface area contributed by atoms with Crippen molar-refractivity contribution in [2.24, 2.45) is 7.05 Å². The molecule has 2 N–H and O–H groups in total. The van der Waals surface area contributed by atoms with Gasteiger partial charge >= 0.3 is 6.03 Å². The summed E-state index contributed by atoms with van der Waals surface area (Å²) in [6.45, 7) is 12.0. The van der Waals surface area contributed by atoms with Gasteiger partial charge in [-0.15, -0.1) is 11.3 Å². The maximum Gasteiger partial charge on any atom is 0.316 e. The highest BCUT2D eigenvalue weighted by molar-refractivity contribution is 7.11. The van der Waals surface area contributed by atoms with Gasteiger partial charge in [0.2, 0.25) is 0 Å². The minimum atomic E-state index is -0.514. The normalized spacial score (nSPS) is 13.0. The van der Waals surface area contributed by atoms with Crippen molar-refractivity contribution in [1.82, 2.24) is 25.4 Å². The molecule has 0 bridgehead atoms. The number of nitrogens with one attached hydrogen (secondary N) is 2. The van der Waals surface area contributed by atoms with E-state index in [1.54, 1.807) is 11.3 Å². The van der Waals surface area contributed by atoms with Crippen molar-refractivity contribution < 1.29 is 4.79 Å². The van der Waals surface area contributed by atoms with E-state index in [1.165, 1.54) is 0 Å². The minimum Gasteiger partial charge on any atom is -0.331 e. The standard InChI is InChI=1S/C17H27N5OS/c1-8-13(14-11(3)21-22(7)12(14)4)19-16(23)20-17(5,6)15-18-9-10(2)24-15/h9,13H,8H2,1-7H3,(H2,19,20,23)/t13-/m1/s1. The lowest BCUT2D eigenvalue weighted by Gasteiger charge is -2.26. The van der Waals surface area contributed by atoms with Crippen LogP contribution >= 0.6 is 11.3 Å². The molecule has 6 nitrogen and oxygen atoms in total. The molecule has 2 aromatic heterocycles. The molecule has 2 amide bonds. The number of carbonyl (C=O) groups excluding carboxylic acids is 1. The third kappa shape index (κ3) is 3.77. The van der Waals surface area contributed by atoms with Crippen molar-refractivity contribution in [2.75, 3.05) is 0 Å². The predicted octanol–water partition coefficient (Wildman–Crippen LogP) is 3.49. The number of rotatable bonds is 5. The molecule has 2 rings (SSSR count). The smallest absolute Gasteiger partial charge is 0.316 e. The fraction of sp³-hybridized carbons (Fsp3) is 0.588. The summed E-state index contributed by atoms with van der Waals surface area (Å²) in [6, 6.07) is -0.255. The van der Waals surface area contributed by atoms with Crippen molar-refractivity contribution >= 4 is 17.4 Å². The summed E-state index contributed by atoms with van der Waals surface area (Å²) in [5.74, 6) is 0. The summed E-state index contributed by atoms with van der Waals surface area (Å²) in [6.07, 6.45) is 2.64. The van der Waals surface area contributed by atoms with Gasteiger partial charge in [0, 0.05) is 29.4 Å². The first-order valence-corrected chi connectivity index (χ1v) is 8.99. The number of hydrogen-bond donors (Lipinski definition) is 2. The number of amides is 2. The Kier molecular flexibility index (Phi) is 5.32. The molecule has 0 saturated carbocycles. The van der Waals surface area contributed by atoms with Gasteiger partial charge in [-0.3, -0.25) is 4.68 Å². The second kappa shape index (κ2) is 6.93. The maximum absolute atomic E-state index is 12.5. The molecule has 132 valence electrons. The van der Waals surface area contributed by atoms with E-state index in [1.807, 2.05) is 52.5 Å². The zero-order valence-electron chi connectivity index (χ0n) is 15.5. The first-order valence-electron chi connectivity index (χ1n) is 8.17. The highest BCUT2D eigenvalue weighted by atomic mass is 32.1. The SMILES string of the molecule is CC[C@@H](NC(=O)NC(C)(C)c1ncc(C)s1)c1c(C)nn(C)c1C. The van der Waals surface area contributed by atoms with Gasteiger partial charge in [-0.2, -0.15) is 5.10 Å². The van der Waals surface area contributed by atoms with E-state index in [0.717, 1.165) is 33.3 Å². The minimum absolute atomic E-state index is 0.0625. The lowest BCUT2D eigenvalue weighted by atomic mass is 10.0. The Balaban J connectivity index is 2.12. The number of aromatic nitrogens is 3. The van der Waals surface area contributed by atoms with Crippen LogP contribution < -0.4 is 10.6 Å². The molecule has 0 fully saturated rings. The van der Waals surface area contributed by atoms with Crippen molar-refractivity contribution in [3.63, 3.8) is 0 Å². The quantitative estimate of drug-likeness (QED) is 0.868. The Morgan fingerprint density at radius 1 is 1.38 bits per heavy atom. The molecule has 0 aromatic carbocycles. The molecule has 24 heavy (non-hydrogen) atoms. The molecule has 2 heterocycles. The Morgan fingerprint density at radius 3 is 2.50 bits per heavy atom. The zero-order valence-corrected chi connectivity index (χ0v) is 16.3. The van der Waals surface area contributed by atoms with Gasteiger partial charge in [-0.05, 0) is 41.0 Å². The van der Waals surface area contributed by atoms with E-state index in [0.29, 0.717) is 0 Å². The topological polar surface area (TPSA) is 71.8 Å². The molecule has 7 heteroatoms. The molecule has 0 radical (unpaired) electrons. The van der Waals surface area contributed by atoms with Crippen molar-refractivity contribution in [2.45, 2.75) is 59.5 Å². The number of thiazole rings is 1. The third-order valence-corrected chi connectivity index (χ3v) is 5.45. The average Bonchev–Trinajstić information content (AvgIpc) is 3.02. The van der Waals surface area contributed by atoms with Gasteiger partial charge < -0.3 is 10.6 Å². The first kappa shape index (κ1) is 18.4.